The molecule has 0 spiro atoms. The summed E-state index contributed by atoms with van der Waals surface area (Å²) in [6.07, 6.45) is 2.23. The molecular weight excluding hydrogens is 298 g/mol. The van der Waals surface area contributed by atoms with Crippen LogP contribution in [-0.2, 0) is 14.3 Å². The Morgan fingerprint density at radius 1 is 1.27 bits per heavy atom. The summed E-state index contributed by atoms with van der Waals surface area (Å²) in [5.74, 6) is 0.313. The Bertz CT molecular complexity index is 506. The molecule has 22 heavy (non-hydrogen) atoms. The SMILES string of the molecule is CCCCOC(=O)[C@H]1CS[C@H](c2ccccc2)N1C(=O)CC. The van der Waals surface area contributed by atoms with E-state index in [0.717, 1.165) is 18.4 Å². The van der Waals surface area contributed by atoms with Crippen LogP contribution in [0.15, 0.2) is 30.3 Å². The van der Waals surface area contributed by atoms with E-state index in [1.54, 1.807) is 16.7 Å². The maximum Gasteiger partial charge on any atom is 0.329 e. The molecule has 5 heteroatoms. The van der Waals surface area contributed by atoms with Crippen LogP contribution in [0.3, 0.4) is 0 Å². The minimum atomic E-state index is -0.473. The molecule has 1 heterocycles. The Morgan fingerprint density at radius 2 is 2.00 bits per heavy atom. The third-order valence-corrected chi connectivity index (χ3v) is 5.01. The lowest BCUT2D eigenvalue weighted by atomic mass is 10.1. The second kappa shape index (κ2) is 8.22. The summed E-state index contributed by atoms with van der Waals surface area (Å²) in [5.41, 5.74) is 1.05. The largest absolute Gasteiger partial charge is 0.464 e. The summed E-state index contributed by atoms with van der Waals surface area (Å²) in [6.45, 7) is 4.31. The van der Waals surface area contributed by atoms with Gasteiger partial charge in [-0.3, -0.25) is 4.79 Å². The van der Waals surface area contributed by atoms with Crippen LogP contribution in [0.4, 0.5) is 0 Å². The van der Waals surface area contributed by atoms with Crippen LogP contribution in [0.5, 0.6) is 0 Å². The highest BCUT2D eigenvalue weighted by Gasteiger charge is 2.42. The molecule has 2 rings (SSSR count). The highest BCUT2D eigenvalue weighted by molar-refractivity contribution is 7.99. The first-order valence-corrected chi connectivity index (χ1v) is 8.88. The van der Waals surface area contributed by atoms with E-state index >= 15 is 0 Å². The van der Waals surface area contributed by atoms with Gasteiger partial charge in [0, 0.05) is 12.2 Å². The Morgan fingerprint density at radius 3 is 2.64 bits per heavy atom. The van der Waals surface area contributed by atoms with Crippen molar-refractivity contribution < 1.29 is 14.3 Å². The molecule has 1 aliphatic rings. The van der Waals surface area contributed by atoms with Crippen molar-refractivity contribution in [2.45, 2.75) is 44.5 Å². The van der Waals surface area contributed by atoms with Gasteiger partial charge in [-0.1, -0.05) is 50.6 Å². The standard InChI is InChI=1S/C17H23NO3S/c1-3-5-11-21-17(20)14-12-22-16(18(14)15(19)4-2)13-9-7-6-8-10-13/h6-10,14,16H,3-5,11-12H2,1-2H3/t14-,16-/m1/s1. The number of ether oxygens (including phenoxy) is 1. The van der Waals surface area contributed by atoms with Gasteiger partial charge in [-0.25, -0.2) is 4.79 Å². The minimum absolute atomic E-state index is 0.00343. The molecule has 1 aromatic rings. The van der Waals surface area contributed by atoms with Crippen molar-refractivity contribution in [1.82, 2.24) is 4.90 Å². The number of carbonyl (C=O) groups is 2. The summed E-state index contributed by atoms with van der Waals surface area (Å²) < 4.78 is 5.33. The van der Waals surface area contributed by atoms with Crippen molar-refractivity contribution in [3.63, 3.8) is 0 Å². The van der Waals surface area contributed by atoms with E-state index in [0.29, 0.717) is 18.8 Å². The van der Waals surface area contributed by atoms with Gasteiger partial charge in [0.25, 0.3) is 0 Å². The van der Waals surface area contributed by atoms with Crippen molar-refractivity contribution in [3.8, 4) is 0 Å². The van der Waals surface area contributed by atoms with Crippen molar-refractivity contribution >= 4 is 23.6 Å². The summed E-state index contributed by atoms with van der Waals surface area (Å²) >= 11 is 1.63. The topological polar surface area (TPSA) is 46.6 Å². The van der Waals surface area contributed by atoms with Crippen molar-refractivity contribution in [3.05, 3.63) is 35.9 Å². The number of nitrogens with zero attached hydrogens (tertiary/aromatic N) is 1. The van der Waals surface area contributed by atoms with E-state index in [1.807, 2.05) is 37.3 Å². The van der Waals surface area contributed by atoms with E-state index in [9.17, 15) is 9.59 Å². The number of benzene rings is 1. The molecule has 0 radical (unpaired) electrons. The molecule has 1 aromatic carbocycles. The highest BCUT2D eigenvalue weighted by Crippen LogP contribution is 2.41. The maximum absolute atomic E-state index is 12.3. The van der Waals surface area contributed by atoms with Crippen LogP contribution in [0.1, 0.15) is 44.0 Å². The molecular formula is C17H23NO3S. The lowest BCUT2D eigenvalue weighted by molar-refractivity contribution is -0.154. The molecule has 0 bridgehead atoms. The molecule has 0 N–H and O–H groups in total. The Balaban J connectivity index is 2.14. The van der Waals surface area contributed by atoms with Crippen LogP contribution >= 0.6 is 11.8 Å². The number of amides is 1. The molecule has 4 nitrogen and oxygen atoms in total. The second-order valence-corrected chi connectivity index (χ2v) is 6.40. The molecule has 2 atom stereocenters. The summed E-state index contributed by atoms with van der Waals surface area (Å²) in [4.78, 5) is 26.3. The summed E-state index contributed by atoms with van der Waals surface area (Å²) in [5, 5.41) is -0.0997. The number of carbonyl (C=O) groups excluding carboxylic acids is 2. The number of thioether (sulfide) groups is 1. The number of hydrogen-bond acceptors (Lipinski definition) is 4. The van der Waals surface area contributed by atoms with Gasteiger partial charge in [-0.2, -0.15) is 0 Å². The predicted octanol–water partition coefficient (Wildman–Crippen LogP) is 3.38. The van der Waals surface area contributed by atoms with Gasteiger partial charge in [0.1, 0.15) is 11.4 Å². The Labute approximate surface area is 136 Å². The van der Waals surface area contributed by atoms with Gasteiger partial charge < -0.3 is 9.64 Å². The summed E-state index contributed by atoms with van der Waals surface area (Å²) in [7, 11) is 0. The average Bonchev–Trinajstić information content (AvgIpc) is 3.00. The van der Waals surface area contributed by atoms with E-state index < -0.39 is 6.04 Å². The molecule has 0 aliphatic carbocycles. The molecule has 0 aromatic heterocycles. The first-order chi connectivity index (χ1) is 10.7. The fraction of sp³-hybridized carbons (Fsp3) is 0.529. The van der Waals surface area contributed by atoms with E-state index in [1.165, 1.54) is 0 Å². The van der Waals surface area contributed by atoms with Crippen LogP contribution < -0.4 is 0 Å². The molecule has 1 aliphatic heterocycles. The van der Waals surface area contributed by atoms with Gasteiger partial charge >= 0.3 is 5.97 Å². The molecule has 0 saturated carbocycles. The first-order valence-electron chi connectivity index (χ1n) is 7.83. The smallest absolute Gasteiger partial charge is 0.329 e. The molecule has 1 amide bonds. The lowest BCUT2D eigenvalue weighted by Gasteiger charge is -2.28. The second-order valence-electron chi connectivity index (χ2n) is 5.29. The monoisotopic (exact) mass is 321 g/mol. The van der Waals surface area contributed by atoms with Crippen LogP contribution in [0, 0.1) is 0 Å². The average molecular weight is 321 g/mol. The van der Waals surface area contributed by atoms with Crippen LogP contribution in [0.25, 0.3) is 0 Å². The number of esters is 1. The van der Waals surface area contributed by atoms with Gasteiger partial charge in [-0.15, -0.1) is 11.8 Å². The minimum Gasteiger partial charge on any atom is -0.464 e. The van der Waals surface area contributed by atoms with Crippen LogP contribution in [-0.4, -0.2) is 35.2 Å². The van der Waals surface area contributed by atoms with E-state index in [-0.39, 0.29) is 17.3 Å². The molecule has 1 fully saturated rings. The quantitative estimate of drug-likeness (QED) is 0.595. The summed E-state index contributed by atoms with van der Waals surface area (Å²) in [6, 6.07) is 9.39. The van der Waals surface area contributed by atoms with Gasteiger partial charge in [-0.05, 0) is 12.0 Å². The predicted molar refractivity (Wildman–Crippen MR) is 88.4 cm³/mol. The lowest BCUT2D eigenvalue weighted by Crippen LogP contribution is -2.43. The van der Waals surface area contributed by atoms with Crippen molar-refractivity contribution in [2.75, 3.05) is 12.4 Å². The fourth-order valence-corrected chi connectivity index (χ4v) is 3.90. The normalized spacial score (nSPS) is 20.9. The molecule has 0 unspecified atom stereocenters. The fourth-order valence-electron chi connectivity index (χ4n) is 2.46. The zero-order chi connectivity index (χ0) is 15.9. The zero-order valence-corrected chi connectivity index (χ0v) is 14.0. The first kappa shape index (κ1) is 16.9. The van der Waals surface area contributed by atoms with E-state index in [2.05, 4.69) is 6.92 Å². The molecule has 1 saturated heterocycles. The van der Waals surface area contributed by atoms with Crippen LogP contribution in [0.2, 0.25) is 0 Å². The van der Waals surface area contributed by atoms with Gasteiger partial charge in [0.05, 0.1) is 6.61 Å². The Hall–Kier alpha value is -1.49. The van der Waals surface area contributed by atoms with Gasteiger partial charge in [0.2, 0.25) is 5.91 Å². The third kappa shape index (κ3) is 3.83. The number of unbranched alkanes of at least 4 members (excludes halogenated alkanes) is 1. The maximum atomic E-state index is 12.3. The molecule has 120 valence electrons. The zero-order valence-electron chi connectivity index (χ0n) is 13.2. The number of hydrogen-bond donors (Lipinski definition) is 0. The van der Waals surface area contributed by atoms with Crippen molar-refractivity contribution in [2.24, 2.45) is 0 Å². The van der Waals surface area contributed by atoms with Crippen molar-refractivity contribution in [1.29, 1.82) is 0 Å². The van der Waals surface area contributed by atoms with E-state index in [4.69, 9.17) is 4.74 Å². The number of rotatable bonds is 6. The Kier molecular flexibility index (Phi) is 6.31. The van der Waals surface area contributed by atoms with Gasteiger partial charge in [0.15, 0.2) is 0 Å². The third-order valence-electron chi connectivity index (χ3n) is 3.69. The highest BCUT2D eigenvalue weighted by atomic mass is 32.2.